The van der Waals surface area contributed by atoms with Crippen molar-refractivity contribution in [1.82, 2.24) is 25.3 Å². The molecule has 0 aliphatic rings. The Morgan fingerprint density at radius 2 is 1.96 bits per heavy atom. The number of benzene rings is 1. The fourth-order valence-electron chi connectivity index (χ4n) is 2.45. The van der Waals surface area contributed by atoms with Gasteiger partial charge in [-0.1, -0.05) is 24.3 Å². The molecule has 6 heteroatoms. The number of aliphatic imine (C=N–C) groups is 1. The van der Waals surface area contributed by atoms with E-state index in [4.69, 9.17) is 0 Å². The van der Waals surface area contributed by atoms with Crippen molar-refractivity contribution >= 4 is 5.96 Å². The van der Waals surface area contributed by atoms with Gasteiger partial charge in [0.15, 0.2) is 5.96 Å². The minimum atomic E-state index is 0.741. The van der Waals surface area contributed by atoms with E-state index in [1.807, 2.05) is 16.9 Å². The van der Waals surface area contributed by atoms with E-state index in [0.717, 1.165) is 38.6 Å². The third-order valence-electron chi connectivity index (χ3n) is 3.75. The van der Waals surface area contributed by atoms with Gasteiger partial charge in [-0.3, -0.25) is 9.67 Å². The van der Waals surface area contributed by atoms with Crippen LogP contribution in [-0.2, 0) is 13.1 Å². The standard InChI is InChI=1S/C18H28N6/c1-19-18(20-10-6-12-23(2)3)21-14-16-8-4-5-9-17(16)15-24-13-7-11-22-24/h4-5,7-9,11,13H,6,10,12,14-15H2,1-3H3,(H2,19,20,21). The molecule has 1 heterocycles. The van der Waals surface area contributed by atoms with Gasteiger partial charge in [0.1, 0.15) is 0 Å². The highest BCUT2D eigenvalue weighted by Gasteiger charge is 2.04. The quantitative estimate of drug-likeness (QED) is 0.438. The first-order valence-corrected chi connectivity index (χ1v) is 8.32. The Kier molecular flexibility index (Phi) is 7.29. The lowest BCUT2D eigenvalue weighted by Gasteiger charge is -2.15. The van der Waals surface area contributed by atoms with E-state index in [1.165, 1.54) is 11.1 Å². The molecule has 0 atom stereocenters. The van der Waals surface area contributed by atoms with Gasteiger partial charge >= 0.3 is 0 Å². The van der Waals surface area contributed by atoms with E-state index in [9.17, 15) is 0 Å². The highest BCUT2D eigenvalue weighted by Crippen LogP contribution is 2.10. The average Bonchev–Trinajstić information content (AvgIpc) is 3.08. The minimum absolute atomic E-state index is 0.741. The average molecular weight is 328 g/mol. The molecule has 0 aliphatic carbocycles. The number of hydrogen-bond acceptors (Lipinski definition) is 3. The summed E-state index contributed by atoms with van der Waals surface area (Å²) in [5.41, 5.74) is 2.51. The third-order valence-corrected chi connectivity index (χ3v) is 3.75. The molecule has 0 saturated carbocycles. The lowest BCUT2D eigenvalue weighted by molar-refractivity contribution is 0.399. The monoisotopic (exact) mass is 328 g/mol. The Labute approximate surface area is 144 Å². The van der Waals surface area contributed by atoms with Gasteiger partial charge in [0.2, 0.25) is 0 Å². The second-order valence-corrected chi connectivity index (χ2v) is 5.98. The normalized spacial score (nSPS) is 11.8. The maximum Gasteiger partial charge on any atom is 0.191 e. The zero-order valence-corrected chi connectivity index (χ0v) is 14.9. The fourth-order valence-corrected chi connectivity index (χ4v) is 2.45. The summed E-state index contributed by atoms with van der Waals surface area (Å²) in [5.74, 6) is 0.836. The van der Waals surface area contributed by atoms with Crippen molar-refractivity contribution in [2.75, 3.05) is 34.2 Å². The maximum atomic E-state index is 4.29. The SMILES string of the molecule is CN=C(NCCCN(C)C)NCc1ccccc1Cn1cccn1. The van der Waals surface area contributed by atoms with Crippen molar-refractivity contribution in [3.63, 3.8) is 0 Å². The Morgan fingerprint density at radius 3 is 2.62 bits per heavy atom. The molecule has 6 nitrogen and oxygen atoms in total. The molecule has 0 radical (unpaired) electrons. The van der Waals surface area contributed by atoms with Crippen LogP contribution in [-0.4, -0.2) is 54.9 Å². The van der Waals surface area contributed by atoms with E-state index in [1.54, 1.807) is 13.2 Å². The van der Waals surface area contributed by atoms with Crippen LogP contribution >= 0.6 is 0 Å². The number of nitrogens with one attached hydrogen (secondary N) is 2. The lowest BCUT2D eigenvalue weighted by Crippen LogP contribution is -2.38. The van der Waals surface area contributed by atoms with E-state index in [2.05, 4.69) is 64.0 Å². The summed E-state index contributed by atoms with van der Waals surface area (Å²) in [6, 6.07) is 10.4. The molecular formula is C18H28N6. The van der Waals surface area contributed by atoms with E-state index in [0.29, 0.717) is 0 Å². The molecule has 2 N–H and O–H groups in total. The molecule has 0 fully saturated rings. The minimum Gasteiger partial charge on any atom is -0.356 e. The summed E-state index contributed by atoms with van der Waals surface area (Å²) >= 11 is 0. The van der Waals surface area contributed by atoms with Gasteiger partial charge in [-0.25, -0.2) is 0 Å². The van der Waals surface area contributed by atoms with Gasteiger partial charge in [-0.15, -0.1) is 0 Å². The summed E-state index contributed by atoms with van der Waals surface area (Å²) in [4.78, 5) is 6.47. The zero-order valence-electron chi connectivity index (χ0n) is 14.9. The van der Waals surface area contributed by atoms with Crippen LogP contribution in [0.25, 0.3) is 0 Å². The first-order chi connectivity index (χ1) is 11.7. The van der Waals surface area contributed by atoms with Gasteiger partial charge in [0.25, 0.3) is 0 Å². The van der Waals surface area contributed by atoms with Crippen LogP contribution in [0.3, 0.4) is 0 Å². The first-order valence-electron chi connectivity index (χ1n) is 8.32. The largest absolute Gasteiger partial charge is 0.356 e. The molecule has 0 bridgehead atoms. The van der Waals surface area contributed by atoms with Crippen LogP contribution in [0, 0.1) is 0 Å². The second kappa shape index (κ2) is 9.72. The Bertz CT molecular complexity index is 618. The van der Waals surface area contributed by atoms with Crippen molar-refractivity contribution in [3.05, 3.63) is 53.9 Å². The molecule has 130 valence electrons. The predicted octanol–water partition coefficient (Wildman–Crippen LogP) is 1.55. The molecule has 0 amide bonds. The summed E-state index contributed by atoms with van der Waals surface area (Å²) in [7, 11) is 5.98. The molecule has 0 spiro atoms. The van der Waals surface area contributed by atoms with Crippen molar-refractivity contribution in [2.24, 2.45) is 4.99 Å². The van der Waals surface area contributed by atoms with Crippen LogP contribution in [0.2, 0.25) is 0 Å². The lowest BCUT2D eigenvalue weighted by atomic mass is 10.1. The van der Waals surface area contributed by atoms with Crippen molar-refractivity contribution in [1.29, 1.82) is 0 Å². The number of aromatic nitrogens is 2. The molecule has 2 rings (SSSR count). The highest BCUT2D eigenvalue weighted by atomic mass is 15.3. The van der Waals surface area contributed by atoms with Gasteiger partial charge in [-0.05, 0) is 44.3 Å². The third kappa shape index (κ3) is 6.04. The van der Waals surface area contributed by atoms with Crippen LogP contribution in [0.15, 0.2) is 47.7 Å². The number of hydrogen-bond donors (Lipinski definition) is 2. The van der Waals surface area contributed by atoms with Crippen molar-refractivity contribution < 1.29 is 0 Å². The van der Waals surface area contributed by atoms with Gasteiger partial charge in [0, 0.05) is 32.5 Å². The molecule has 0 unspecified atom stereocenters. The molecule has 0 saturated heterocycles. The second-order valence-electron chi connectivity index (χ2n) is 5.98. The molecule has 24 heavy (non-hydrogen) atoms. The number of nitrogens with zero attached hydrogens (tertiary/aromatic N) is 4. The Balaban J connectivity index is 1.86. The van der Waals surface area contributed by atoms with Crippen molar-refractivity contribution in [3.8, 4) is 0 Å². The smallest absolute Gasteiger partial charge is 0.191 e. The Hall–Kier alpha value is -2.34. The van der Waals surface area contributed by atoms with Crippen LogP contribution in [0.1, 0.15) is 17.5 Å². The molecule has 1 aromatic heterocycles. The van der Waals surface area contributed by atoms with E-state index >= 15 is 0 Å². The van der Waals surface area contributed by atoms with Crippen LogP contribution < -0.4 is 10.6 Å². The van der Waals surface area contributed by atoms with Gasteiger partial charge in [-0.2, -0.15) is 5.10 Å². The van der Waals surface area contributed by atoms with Crippen molar-refractivity contribution in [2.45, 2.75) is 19.5 Å². The van der Waals surface area contributed by atoms with E-state index < -0.39 is 0 Å². The predicted molar refractivity (Wildman–Crippen MR) is 99.1 cm³/mol. The molecular weight excluding hydrogens is 300 g/mol. The van der Waals surface area contributed by atoms with Crippen LogP contribution in [0.5, 0.6) is 0 Å². The summed E-state index contributed by atoms with van der Waals surface area (Å²) in [6.07, 6.45) is 4.87. The maximum absolute atomic E-state index is 4.29. The summed E-state index contributed by atoms with van der Waals surface area (Å²) < 4.78 is 1.94. The topological polar surface area (TPSA) is 57.5 Å². The number of guanidine groups is 1. The highest BCUT2D eigenvalue weighted by molar-refractivity contribution is 5.79. The number of rotatable bonds is 8. The van der Waals surface area contributed by atoms with Gasteiger partial charge < -0.3 is 15.5 Å². The Morgan fingerprint density at radius 1 is 1.17 bits per heavy atom. The summed E-state index contributed by atoms with van der Waals surface area (Å²) in [6.45, 7) is 3.49. The molecule has 2 aromatic rings. The van der Waals surface area contributed by atoms with Gasteiger partial charge in [0.05, 0.1) is 6.54 Å². The molecule has 1 aromatic carbocycles. The molecule has 0 aliphatic heterocycles. The van der Waals surface area contributed by atoms with Crippen LogP contribution in [0.4, 0.5) is 0 Å². The fraction of sp³-hybridized carbons (Fsp3) is 0.444. The van der Waals surface area contributed by atoms with E-state index in [-0.39, 0.29) is 0 Å². The zero-order chi connectivity index (χ0) is 17.2. The summed E-state index contributed by atoms with van der Waals surface area (Å²) in [5, 5.41) is 11.0. The first kappa shape index (κ1) is 18.0.